The monoisotopic (exact) mass is 240 g/mol. The van der Waals surface area contributed by atoms with Crippen molar-refractivity contribution in [2.45, 2.75) is 6.92 Å². The van der Waals surface area contributed by atoms with Gasteiger partial charge in [-0.3, -0.25) is 4.98 Å². The van der Waals surface area contributed by atoms with Gasteiger partial charge in [-0.25, -0.2) is 0 Å². The third-order valence-corrected chi connectivity index (χ3v) is 3.69. The summed E-state index contributed by atoms with van der Waals surface area (Å²) in [4.78, 5) is 4.19. The summed E-state index contributed by atoms with van der Waals surface area (Å²) in [5.74, 6) is 0. The van der Waals surface area contributed by atoms with Crippen LogP contribution in [-0.4, -0.2) is 9.55 Å². The molecule has 3 aromatic heterocycles. The van der Waals surface area contributed by atoms with Crippen LogP contribution in [0.25, 0.3) is 16.1 Å². The highest BCUT2D eigenvalue weighted by Gasteiger charge is 2.04. The first-order chi connectivity index (χ1) is 8.34. The molecular formula is C14H12N2S. The molecule has 0 aliphatic carbocycles. The molecule has 0 radical (unpaired) electrons. The van der Waals surface area contributed by atoms with Crippen LogP contribution in [0.5, 0.6) is 0 Å². The molecule has 0 bridgehead atoms. The van der Waals surface area contributed by atoms with Crippen molar-refractivity contribution in [3.8, 4) is 16.1 Å². The van der Waals surface area contributed by atoms with Gasteiger partial charge in [-0.1, -0.05) is 0 Å². The van der Waals surface area contributed by atoms with Crippen LogP contribution in [0.4, 0.5) is 0 Å². The standard InChI is InChI=1S/C14H12N2S/c1-11-4-6-15-9-13(11)12-5-7-16(10-12)14-3-2-8-17-14/h2-10H,1H3. The third kappa shape index (κ3) is 1.89. The van der Waals surface area contributed by atoms with Crippen LogP contribution in [0.3, 0.4) is 0 Å². The van der Waals surface area contributed by atoms with Crippen molar-refractivity contribution in [2.75, 3.05) is 0 Å². The van der Waals surface area contributed by atoms with Gasteiger partial charge in [0, 0.05) is 35.9 Å². The summed E-state index contributed by atoms with van der Waals surface area (Å²) in [7, 11) is 0. The fraction of sp³-hybridized carbons (Fsp3) is 0.0714. The van der Waals surface area contributed by atoms with Gasteiger partial charge >= 0.3 is 0 Å². The second-order valence-corrected chi connectivity index (χ2v) is 4.88. The number of hydrogen-bond donors (Lipinski definition) is 0. The van der Waals surface area contributed by atoms with Gasteiger partial charge < -0.3 is 4.57 Å². The zero-order valence-corrected chi connectivity index (χ0v) is 10.3. The molecule has 0 spiro atoms. The molecule has 0 aliphatic heterocycles. The summed E-state index contributed by atoms with van der Waals surface area (Å²) in [5, 5.41) is 3.32. The van der Waals surface area contributed by atoms with Crippen LogP contribution < -0.4 is 0 Å². The minimum absolute atomic E-state index is 1.20. The molecule has 0 aliphatic rings. The lowest BCUT2D eigenvalue weighted by atomic mass is 10.1. The van der Waals surface area contributed by atoms with Gasteiger partial charge in [0.25, 0.3) is 0 Å². The van der Waals surface area contributed by atoms with E-state index in [1.54, 1.807) is 11.3 Å². The Balaban J connectivity index is 2.04. The van der Waals surface area contributed by atoms with Crippen LogP contribution in [-0.2, 0) is 0 Å². The van der Waals surface area contributed by atoms with Crippen molar-refractivity contribution >= 4 is 11.3 Å². The minimum atomic E-state index is 1.20. The van der Waals surface area contributed by atoms with Gasteiger partial charge in [-0.05, 0) is 42.1 Å². The van der Waals surface area contributed by atoms with E-state index in [4.69, 9.17) is 0 Å². The predicted octanol–water partition coefficient (Wildman–Crippen LogP) is 3.91. The fourth-order valence-corrected chi connectivity index (χ4v) is 2.56. The third-order valence-electron chi connectivity index (χ3n) is 2.80. The topological polar surface area (TPSA) is 17.8 Å². The molecular weight excluding hydrogens is 228 g/mol. The zero-order chi connectivity index (χ0) is 11.7. The predicted molar refractivity (Wildman–Crippen MR) is 71.6 cm³/mol. The molecule has 0 saturated heterocycles. The number of pyridine rings is 1. The van der Waals surface area contributed by atoms with Crippen LogP contribution in [0.2, 0.25) is 0 Å². The summed E-state index contributed by atoms with van der Waals surface area (Å²) in [6, 6.07) is 8.35. The van der Waals surface area contributed by atoms with Gasteiger partial charge in [-0.2, -0.15) is 0 Å². The molecule has 0 aromatic carbocycles. The molecule has 0 N–H and O–H groups in total. The summed E-state index contributed by atoms with van der Waals surface area (Å²) in [6.45, 7) is 2.11. The Morgan fingerprint density at radius 2 is 2.18 bits per heavy atom. The maximum atomic E-state index is 4.19. The van der Waals surface area contributed by atoms with E-state index in [1.807, 2.05) is 18.5 Å². The largest absolute Gasteiger partial charge is 0.315 e. The van der Waals surface area contributed by atoms with Crippen molar-refractivity contribution in [2.24, 2.45) is 0 Å². The number of aromatic nitrogens is 2. The highest BCUT2D eigenvalue weighted by Crippen LogP contribution is 2.25. The van der Waals surface area contributed by atoms with E-state index in [0.29, 0.717) is 0 Å². The van der Waals surface area contributed by atoms with E-state index in [2.05, 4.69) is 52.4 Å². The SMILES string of the molecule is Cc1ccncc1-c1ccn(-c2cccs2)c1. The van der Waals surface area contributed by atoms with E-state index < -0.39 is 0 Å². The van der Waals surface area contributed by atoms with Crippen LogP contribution in [0, 0.1) is 6.92 Å². The van der Waals surface area contributed by atoms with Gasteiger partial charge in [-0.15, -0.1) is 11.3 Å². The van der Waals surface area contributed by atoms with Gasteiger partial charge in [0.05, 0.1) is 5.00 Å². The molecule has 3 heteroatoms. The number of thiophene rings is 1. The average molecular weight is 240 g/mol. The summed E-state index contributed by atoms with van der Waals surface area (Å²) in [6.07, 6.45) is 7.99. The maximum Gasteiger partial charge on any atom is 0.0989 e. The lowest BCUT2D eigenvalue weighted by Crippen LogP contribution is -1.85. The average Bonchev–Trinajstić information content (AvgIpc) is 3.00. The summed E-state index contributed by atoms with van der Waals surface area (Å²) >= 11 is 1.74. The number of rotatable bonds is 2. The smallest absolute Gasteiger partial charge is 0.0989 e. The summed E-state index contributed by atoms with van der Waals surface area (Å²) in [5.41, 5.74) is 3.66. The Hall–Kier alpha value is -1.87. The van der Waals surface area contributed by atoms with Crippen molar-refractivity contribution in [3.63, 3.8) is 0 Å². The molecule has 0 amide bonds. The van der Waals surface area contributed by atoms with Crippen molar-refractivity contribution in [1.82, 2.24) is 9.55 Å². The van der Waals surface area contributed by atoms with E-state index in [9.17, 15) is 0 Å². The Bertz CT molecular complexity index is 623. The van der Waals surface area contributed by atoms with Gasteiger partial charge in [0.2, 0.25) is 0 Å². The zero-order valence-electron chi connectivity index (χ0n) is 9.50. The molecule has 3 heterocycles. The van der Waals surface area contributed by atoms with Crippen LogP contribution >= 0.6 is 11.3 Å². The molecule has 3 rings (SSSR count). The minimum Gasteiger partial charge on any atom is -0.315 e. The quantitative estimate of drug-likeness (QED) is 0.664. The van der Waals surface area contributed by atoms with E-state index >= 15 is 0 Å². The van der Waals surface area contributed by atoms with Crippen LogP contribution in [0.15, 0.2) is 54.4 Å². The maximum absolute atomic E-state index is 4.19. The second-order valence-electron chi connectivity index (χ2n) is 3.95. The molecule has 0 atom stereocenters. The molecule has 0 saturated carbocycles. The normalized spacial score (nSPS) is 10.6. The first-order valence-electron chi connectivity index (χ1n) is 5.47. The van der Waals surface area contributed by atoms with E-state index in [1.165, 1.54) is 21.7 Å². The number of nitrogens with zero attached hydrogens (tertiary/aromatic N) is 2. The van der Waals surface area contributed by atoms with Gasteiger partial charge in [0.15, 0.2) is 0 Å². The summed E-state index contributed by atoms with van der Waals surface area (Å²) < 4.78 is 2.15. The first kappa shape index (κ1) is 10.3. The molecule has 84 valence electrons. The Morgan fingerprint density at radius 3 is 2.94 bits per heavy atom. The van der Waals surface area contributed by atoms with Crippen molar-refractivity contribution in [3.05, 3.63) is 60.0 Å². The first-order valence-corrected chi connectivity index (χ1v) is 6.35. The van der Waals surface area contributed by atoms with E-state index in [-0.39, 0.29) is 0 Å². The van der Waals surface area contributed by atoms with Gasteiger partial charge in [0.1, 0.15) is 0 Å². The van der Waals surface area contributed by atoms with Crippen molar-refractivity contribution in [1.29, 1.82) is 0 Å². The molecule has 0 unspecified atom stereocenters. The van der Waals surface area contributed by atoms with E-state index in [0.717, 1.165) is 0 Å². The lowest BCUT2D eigenvalue weighted by molar-refractivity contribution is 1.11. The molecule has 0 fully saturated rings. The fourth-order valence-electron chi connectivity index (χ4n) is 1.88. The highest BCUT2D eigenvalue weighted by molar-refractivity contribution is 7.12. The molecule has 17 heavy (non-hydrogen) atoms. The Labute approximate surface area is 104 Å². The number of aryl methyl sites for hydroxylation is 1. The lowest BCUT2D eigenvalue weighted by Gasteiger charge is -2.01. The Kier molecular flexibility index (Phi) is 2.53. The highest BCUT2D eigenvalue weighted by atomic mass is 32.1. The number of hydrogen-bond acceptors (Lipinski definition) is 2. The van der Waals surface area contributed by atoms with Crippen LogP contribution in [0.1, 0.15) is 5.56 Å². The molecule has 2 nitrogen and oxygen atoms in total. The second kappa shape index (κ2) is 4.18. The molecule has 3 aromatic rings. The Morgan fingerprint density at radius 1 is 1.24 bits per heavy atom. The van der Waals surface area contributed by atoms with Crippen molar-refractivity contribution < 1.29 is 0 Å².